The molecule has 0 atom stereocenters. The smallest absolute Gasteiger partial charge is 0.357 e. The number of nitrogens with zero attached hydrogens (tertiary/aromatic N) is 6. The first-order valence-electron chi connectivity index (χ1n) is 21.6. The van der Waals surface area contributed by atoms with Crippen molar-refractivity contribution in [2.45, 2.75) is 60.0 Å². The summed E-state index contributed by atoms with van der Waals surface area (Å²) in [5, 5.41) is 9.50. The summed E-state index contributed by atoms with van der Waals surface area (Å²) in [6, 6.07) is 25.5. The van der Waals surface area contributed by atoms with E-state index in [4.69, 9.17) is 42.6 Å². The minimum absolute atomic E-state index is 0.0779. The number of carboxylic acid groups (broad SMARTS) is 1. The first-order chi connectivity index (χ1) is 33.1. The van der Waals surface area contributed by atoms with Crippen molar-refractivity contribution >= 4 is 23.6 Å². The van der Waals surface area contributed by atoms with Gasteiger partial charge in [-0.1, -0.05) is 0 Å². The molecule has 6 aromatic rings. The van der Waals surface area contributed by atoms with Gasteiger partial charge in [0.1, 0.15) is 69.3 Å². The van der Waals surface area contributed by atoms with Crippen molar-refractivity contribution in [3.05, 3.63) is 130 Å². The average Bonchev–Trinajstić information content (AvgIpc) is 3.35. The zero-order valence-corrected chi connectivity index (χ0v) is 41.1. The Labute approximate surface area is 402 Å². The summed E-state index contributed by atoms with van der Waals surface area (Å²) in [6.45, 7) is 8.63. The molecule has 0 aliphatic carbocycles. The molecule has 0 unspecified atom stereocenters. The third-order valence-electron chi connectivity index (χ3n) is 10.5. The van der Waals surface area contributed by atoms with Crippen LogP contribution in [-0.4, -0.2) is 100.0 Å². The summed E-state index contributed by atoms with van der Waals surface area (Å²) in [4.78, 5) is 45.7. The molecule has 0 fully saturated rings. The predicted molar refractivity (Wildman–Crippen MR) is 259 cm³/mol. The number of aromatic carboxylic acids is 1. The van der Waals surface area contributed by atoms with E-state index in [1.807, 2.05) is 70.5 Å². The summed E-state index contributed by atoms with van der Waals surface area (Å²) in [5.41, 5.74) is 3.69. The van der Waals surface area contributed by atoms with E-state index in [1.54, 1.807) is 103 Å². The van der Waals surface area contributed by atoms with E-state index in [9.17, 15) is 14.7 Å². The van der Waals surface area contributed by atoms with Gasteiger partial charge in [0.2, 0.25) is 0 Å². The third kappa shape index (κ3) is 14.0. The Morgan fingerprint density at radius 2 is 0.768 bits per heavy atom. The standard InChI is InChI=1S/C27H33N3O6.C24H27N3O6/c1-17(2)36-27(31)23-14-26(29-18(3)28-23)30(15-19-8-10-21(32-4)12-24(19)34-6)16-20-9-11-22(33-5)13-25(20)35-7;1-15-25-20(24(28)29)12-23(26-15)27(13-16-6-8-18(30-2)10-21(16)32-4)14-17-7-9-19(31-3)11-22(17)33-5/h8-14,17H,15-16H2,1-7H3;6-12H,13-14H2,1-5H3,(H,28,29). The molecule has 4 aromatic carbocycles. The normalized spacial score (nSPS) is 10.6. The van der Waals surface area contributed by atoms with Crippen LogP contribution in [0.5, 0.6) is 46.0 Å². The van der Waals surface area contributed by atoms with Crippen LogP contribution in [0.4, 0.5) is 11.6 Å². The summed E-state index contributed by atoms with van der Waals surface area (Å²) in [6.07, 6.45) is -0.264. The maximum absolute atomic E-state index is 12.6. The van der Waals surface area contributed by atoms with E-state index in [-0.39, 0.29) is 17.5 Å². The predicted octanol–water partition coefficient (Wildman–Crippen LogP) is 8.32. The number of benzene rings is 4. The summed E-state index contributed by atoms with van der Waals surface area (Å²) in [5.74, 6) is 5.58. The molecule has 0 aliphatic heterocycles. The number of methoxy groups -OCH3 is 8. The number of ether oxygens (including phenoxy) is 9. The van der Waals surface area contributed by atoms with Crippen LogP contribution in [0.3, 0.4) is 0 Å². The van der Waals surface area contributed by atoms with Crippen molar-refractivity contribution in [1.82, 2.24) is 19.9 Å². The van der Waals surface area contributed by atoms with Gasteiger partial charge in [-0.05, 0) is 76.2 Å². The molecule has 0 saturated heterocycles. The topological polar surface area (TPSA) is 195 Å². The zero-order valence-electron chi connectivity index (χ0n) is 41.1. The van der Waals surface area contributed by atoms with E-state index >= 15 is 0 Å². The van der Waals surface area contributed by atoms with Crippen LogP contribution in [0.15, 0.2) is 84.9 Å². The quantitative estimate of drug-likeness (QED) is 0.0676. The van der Waals surface area contributed by atoms with Gasteiger partial charge in [-0.3, -0.25) is 0 Å². The van der Waals surface area contributed by atoms with E-state index in [0.717, 1.165) is 22.3 Å². The molecule has 1 N–H and O–H groups in total. The second kappa shape index (κ2) is 24.7. The number of hydrogen-bond acceptors (Lipinski definition) is 17. The second-order valence-corrected chi connectivity index (χ2v) is 15.5. The van der Waals surface area contributed by atoms with Gasteiger partial charge in [-0.2, -0.15) is 0 Å². The highest BCUT2D eigenvalue weighted by atomic mass is 16.5. The Hall–Kier alpha value is -8.02. The molecular weight excluding hydrogens is 889 g/mol. The lowest BCUT2D eigenvalue weighted by molar-refractivity contribution is 0.0370. The summed E-state index contributed by atoms with van der Waals surface area (Å²) in [7, 11) is 12.8. The van der Waals surface area contributed by atoms with Crippen LogP contribution >= 0.6 is 0 Å². The van der Waals surface area contributed by atoms with Gasteiger partial charge >= 0.3 is 11.9 Å². The third-order valence-corrected chi connectivity index (χ3v) is 10.5. The van der Waals surface area contributed by atoms with E-state index in [1.165, 1.54) is 6.07 Å². The first-order valence-corrected chi connectivity index (χ1v) is 21.6. The highest BCUT2D eigenvalue weighted by molar-refractivity contribution is 5.88. The SMILES string of the molecule is COc1ccc(CN(Cc2ccc(OC)cc2OC)c2cc(C(=O)O)nc(C)n2)c(OC)c1.COc1ccc(CN(Cc2ccc(OC)cc2OC)c2cc(C(=O)OC(C)C)nc(C)n2)c(OC)c1. The highest BCUT2D eigenvalue weighted by Crippen LogP contribution is 2.33. The number of esters is 1. The van der Waals surface area contributed by atoms with Crippen molar-refractivity contribution in [1.29, 1.82) is 0 Å². The van der Waals surface area contributed by atoms with Gasteiger partial charge in [0.05, 0.1) is 63.0 Å². The van der Waals surface area contributed by atoms with Crippen molar-refractivity contribution in [3.63, 3.8) is 0 Å². The van der Waals surface area contributed by atoms with Crippen molar-refractivity contribution in [2.75, 3.05) is 66.7 Å². The monoisotopic (exact) mass is 948 g/mol. The van der Waals surface area contributed by atoms with E-state index in [2.05, 4.69) is 19.9 Å². The Balaban J connectivity index is 0.000000258. The van der Waals surface area contributed by atoms with Crippen LogP contribution in [0.1, 0.15) is 68.7 Å². The number of carboxylic acids is 1. The minimum atomic E-state index is -1.12. The number of aryl methyl sites for hydroxylation is 2. The van der Waals surface area contributed by atoms with Crippen molar-refractivity contribution < 1.29 is 57.3 Å². The van der Waals surface area contributed by atoms with Crippen molar-refractivity contribution in [2.24, 2.45) is 0 Å². The lowest BCUT2D eigenvalue weighted by atomic mass is 10.1. The van der Waals surface area contributed by atoms with Crippen LogP contribution in [0, 0.1) is 13.8 Å². The molecule has 69 heavy (non-hydrogen) atoms. The number of hydrogen-bond donors (Lipinski definition) is 1. The number of carbonyl (C=O) groups is 2. The number of carbonyl (C=O) groups excluding carboxylic acids is 1. The van der Waals surface area contributed by atoms with Gasteiger partial charge < -0.3 is 57.5 Å². The van der Waals surface area contributed by atoms with Gasteiger partial charge in [0, 0.05) is 84.8 Å². The lowest BCUT2D eigenvalue weighted by Crippen LogP contribution is -2.25. The molecular formula is C51H60N6O12. The zero-order chi connectivity index (χ0) is 50.2. The van der Waals surface area contributed by atoms with E-state index in [0.29, 0.717) is 95.5 Å². The highest BCUT2D eigenvalue weighted by Gasteiger charge is 2.22. The molecule has 6 rings (SSSR count). The van der Waals surface area contributed by atoms with Crippen LogP contribution in [-0.2, 0) is 30.9 Å². The van der Waals surface area contributed by atoms with Crippen LogP contribution in [0.2, 0.25) is 0 Å². The van der Waals surface area contributed by atoms with Crippen molar-refractivity contribution in [3.8, 4) is 46.0 Å². The lowest BCUT2D eigenvalue weighted by Gasteiger charge is -2.26. The maximum atomic E-state index is 12.6. The fourth-order valence-electron chi connectivity index (χ4n) is 7.10. The molecule has 0 bridgehead atoms. The maximum Gasteiger partial charge on any atom is 0.357 e. The Morgan fingerprint density at radius 3 is 1.04 bits per heavy atom. The molecule has 18 heteroatoms. The molecule has 0 radical (unpaired) electrons. The van der Waals surface area contributed by atoms with Gasteiger partial charge in [0.15, 0.2) is 11.4 Å². The molecule has 18 nitrogen and oxygen atoms in total. The fourth-order valence-corrected chi connectivity index (χ4v) is 7.10. The molecule has 0 saturated carbocycles. The van der Waals surface area contributed by atoms with Gasteiger partial charge in [0.25, 0.3) is 0 Å². The Kier molecular flexibility index (Phi) is 18.6. The molecule has 366 valence electrons. The molecule has 0 spiro atoms. The summed E-state index contributed by atoms with van der Waals surface area (Å²) < 4.78 is 49.0. The average molecular weight is 949 g/mol. The summed E-state index contributed by atoms with van der Waals surface area (Å²) >= 11 is 0. The van der Waals surface area contributed by atoms with Crippen LogP contribution in [0.25, 0.3) is 0 Å². The number of aromatic nitrogens is 4. The Morgan fingerprint density at radius 1 is 0.464 bits per heavy atom. The number of anilines is 2. The molecule has 2 aromatic heterocycles. The second-order valence-electron chi connectivity index (χ2n) is 15.5. The Bertz CT molecular complexity index is 2580. The minimum Gasteiger partial charge on any atom is -0.497 e. The largest absolute Gasteiger partial charge is 0.497 e. The van der Waals surface area contributed by atoms with Gasteiger partial charge in [-0.15, -0.1) is 0 Å². The molecule has 0 aliphatic rings. The number of rotatable bonds is 21. The molecule has 2 heterocycles. The first kappa shape index (κ1) is 52.0. The van der Waals surface area contributed by atoms with E-state index < -0.39 is 11.9 Å². The van der Waals surface area contributed by atoms with Gasteiger partial charge in [-0.25, -0.2) is 29.5 Å². The molecule has 0 amide bonds. The van der Waals surface area contributed by atoms with Crippen LogP contribution < -0.4 is 47.7 Å². The fraction of sp³-hybridized carbons (Fsp3) is 0.333.